The molecule has 0 aromatic heterocycles. The Balaban J connectivity index is 1.73. The monoisotopic (exact) mass is 404 g/mol. The van der Waals surface area contributed by atoms with Gasteiger partial charge in [-0.25, -0.2) is 8.42 Å². The van der Waals surface area contributed by atoms with Gasteiger partial charge in [0.2, 0.25) is 0 Å². The molecular formula is C20H24N2O5S. The minimum Gasteiger partial charge on any atom is -0.490 e. The molecule has 1 fully saturated rings. The van der Waals surface area contributed by atoms with E-state index in [0.29, 0.717) is 18.8 Å². The number of anilines is 1. The lowest BCUT2D eigenvalue weighted by Crippen LogP contribution is -2.38. The SMILES string of the molecule is Cc1ccc(C)c(OC2CCN(c3ccc([N+](=O)[O-])c(S(C)(=O)=O)c3)CC2)c1. The van der Waals surface area contributed by atoms with Crippen LogP contribution in [0.3, 0.4) is 0 Å². The maximum Gasteiger partial charge on any atom is 0.288 e. The lowest BCUT2D eigenvalue weighted by atomic mass is 10.1. The third-order valence-electron chi connectivity index (χ3n) is 4.98. The maximum atomic E-state index is 12.0. The molecule has 1 heterocycles. The van der Waals surface area contributed by atoms with Gasteiger partial charge in [-0.1, -0.05) is 12.1 Å². The number of sulfone groups is 1. The summed E-state index contributed by atoms with van der Waals surface area (Å²) in [5.41, 5.74) is 2.54. The molecule has 1 aliphatic heterocycles. The van der Waals surface area contributed by atoms with E-state index in [0.717, 1.165) is 36.0 Å². The zero-order valence-corrected chi connectivity index (χ0v) is 17.0. The molecule has 1 aliphatic rings. The van der Waals surface area contributed by atoms with Crippen LogP contribution in [0.5, 0.6) is 5.75 Å². The zero-order chi connectivity index (χ0) is 20.5. The van der Waals surface area contributed by atoms with Crippen molar-refractivity contribution in [1.29, 1.82) is 0 Å². The first-order valence-electron chi connectivity index (χ1n) is 9.12. The molecule has 0 N–H and O–H groups in total. The number of hydrogen-bond acceptors (Lipinski definition) is 6. The number of hydrogen-bond donors (Lipinski definition) is 0. The van der Waals surface area contributed by atoms with Crippen LogP contribution in [0.2, 0.25) is 0 Å². The first kappa shape index (κ1) is 20.1. The zero-order valence-electron chi connectivity index (χ0n) is 16.2. The van der Waals surface area contributed by atoms with Gasteiger partial charge in [0.05, 0.1) is 4.92 Å². The average Bonchev–Trinajstić information content (AvgIpc) is 2.64. The fourth-order valence-corrected chi connectivity index (χ4v) is 4.25. The summed E-state index contributed by atoms with van der Waals surface area (Å²) in [5.74, 6) is 0.896. The summed E-state index contributed by atoms with van der Waals surface area (Å²) in [5, 5.41) is 11.1. The minimum atomic E-state index is -3.69. The second kappa shape index (κ2) is 7.79. The van der Waals surface area contributed by atoms with Gasteiger partial charge in [0, 0.05) is 43.9 Å². The Labute approximate surface area is 165 Å². The van der Waals surface area contributed by atoms with Crippen molar-refractivity contribution in [2.24, 2.45) is 0 Å². The van der Waals surface area contributed by atoms with Gasteiger partial charge >= 0.3 is 0 Å². The van der Waals surface area contributed by atoms with Crippen molar-refractivity contribution >= 4 is 21.2 Å². The second-order valence-corrected chi connectivity index (χ2v) is 9.24. The summed E-state index contributed by atoms with van der Waals surface area (Å²) >= 11 is 0. The molecule has 0 saturated carbocycles. The van der Waals surface area contributed by atoms with Crippen LogP contribution >= 0.6 is 0 Å². The topological polar surface area (TPSA) is 89.8 Å². The van der Waals surface area contributed by atoms with Gasteiger partial charge in [-0.2, -0.15) is 0 Å². The van der Waals surface area contributed by atoms with Gasteiger partial charge in [-0.3, -0.25) is 10.1 Å². The van der Waals surface area contributed by atoms with Crippen molar-refractivity contribution in [1.82, 2.24) is 0 Å². The Bertz CT molecular complexity index is 996. The predicted molar refractivity (Wildman–Crippen MR) is 108 cm³/mol. The highest BCUT2D eigenvalue weighted by Crippen LogP contribution is 2.31. The summed E-state index contributed by atoms with van der Waals surface area (Å²) < 4.78 is 30.1. The molecule has 0 spiro atoms. The number of piperidine rings is 1. The Morgan fingerprint density at radius 2 is 1.79 bits per heavy atom. The van der Waals surface area contributed by atoms with Gasteiger partial charge in [-0.15, -0.1) is 0 Å². The Morgan fingerprint density at radius 1 is 1.11 bits per heavy atom. The summed E-state index contributed by atoms with van der Waals surface area (Å²) in [6, 6.07) is 10.4. The smallest absolute Gasteiger partial charge is 0.288 e. The molecule has 0 bridgehead atoms. The van der Waals surface area contributed by atoms with Crippen molar-refractivity contribution < 1.29 is 18.1 Å². The van der Waals surface area contributed by atoms with Gasteiger partial charge < -0.3 is 9.64 Å². The minimum absolute atomic E-state index is 0.0872. The molecule has 0 atom stereocenters. The molecule has 3 rings (SSSR count). The molecule has 0 aliphatic carbocycles. The number of ether oxygens (including phenoxy) is 1. The molecular weight excluding hydrogens is 380 g/mol. The number of rotatable bonds is 5. The van der Waals surface area contributed by atoms with E-state index >= 15 is 0 Å². The van der Waals surface area contributed by atoms with Gasteiger partial charge in [0.1, 0.15) is 16.7 Å². The molecule has 2 aromatic rings. The van der Waals surface area contributed by atoms with Gasteiger partial charge in [0.25, 0.3) is 5.69 Å². The van der Waals surface area contributed by atoms with E-state index in [2.05, 4.69) is 6.07 Å². The van der Waals surface area contributed by atoms with E-state index in [4.69, 9.17) is 4.74 Å². The highest BCUT2D eigenvalue weighted by atomic mass is 32.2. The van der Waals surface area contributed by atoms with Gasteiger partial charge in [-0.05, 0) is 43.2 Å². The van der Waals surface area contributed by atoms with Crippen LogP contribution in [0.15, 0.2) is 41.3 Å². The quantitative estimate of drug-likeness (QED) is 0.558. The molecule has 0 unspecified atom stereocenters. The summed E-state index contributed by atoms with van der Waals surface area (Å²) in [6.45, 7) is 5.43. The lowest BCUT2D eigenvalue weighted by Gasteiger charge is -2.34. The van der Waals surface area contributed by atoms with Crippen LogP contribution in [-0.4, -0.2) is 38.8 Å². The molecule has 150 valence electrons. The molecule has 28 heavy (non-hydrogen) atoms. The van der Waals surface area contributed by atoms with E-state index < -0.39 is 14.8 Å². The van der Waals surface area contributed by atoms with E-state index in [1.54, 1.807) is 6.07 Å². The number of aryl methyl sites for hydroxylation is 2. The first-order chi connectivity index (χ1) is 13.1. The van der Waals surface area contributed by atoms with Crippen LogP contribution in [0.4, 0.5) is 11.4 Å². The van der Waals surface area contributed by atoms with Crippen LogP contribution < -0.4 is 9.64 Å². The fourth-order valence-electron chi connectivity index (χ4n) is 3.39. The highest BCUT2D eigenvalue weighted by molar-refractivity contribution is 7.90. The van der Waals surface area contributed by atoms with E-state index in [1.807, 2.05) is 30.9 Å². The average molecular weight is 404 g/mol. The molecule has 8 heteroatoms. The second-order valence-electron chi connectivity index (χ2n) is 7.25. The van der Waals surface area contributed by atoms with Crippen molar-refractivity contribution in [3.8, 4) is 5.75 Å². The Morgan fingerprint density at radius 3 is 2.39 bits per heavy atom. The van der Waals surface area contributed by atoms with Crippen molar-refractivity contribution in [3.05, 3.63) is 57.6 Å². The normalized spacial score (nSPS) is 15.5. The first-order valence-corrected chi connectivity index (χ1v) is 11.0. The van der Waals surface area contributed by atoms with E-state index in [9.17, 15) is 18.5 Å². The molecule has 0 radical (unpaired) electrons. The van der Waals surface area contributed by atoms with Crippen LogP contribution in [0.1, 0.15) is 24.0 Å². The van der Waals surface area contributed by atoms with Crippen LogP contribution in [0.25, 0.3) is 0 Å². The predicted octanol–water partition coefficient (Wildman–Crippen LogP) is 3.66. The van der Waals surface area contributed by atoms with Crippen LogP contribution in [-0.2, 0) is 9.84 Å². The summed E-state index contributed by atoms with van der Waals surface area (Å²) in [6.07, 6.45) is 2.66. The number of benzene rings is 2. The summed E-state index contributed by atoms with van der Waals surface area (Å²) in [4.78, 5) is 12.3. The van der Waals surface area contributed by atoms with E-state index in [1.165, 1.54) is 12.1 Å². The van der Waals surface area contributed by atoms with Crippen molar-refractivity contribution in [2.45, 2.75) is 37.7 Å². The van der Waals surface area contributed by atoms with Crippen LogP contribution in [0, 0.1) is 24.0 Å². The number of nitro benzene ring substituents is 1. The molecule has 0 amide bonds. The third kappa shape index (κ3) is 4.44. The lowest BCUT2D eigenvalue weighted by molar-refractivity contribution is -0.387. The molecule has 1 saturated heterocycles. The fraction of sp³-hybridized carbons (Fsp3) is 0.400. The standard InChI is InChI=1S/C20H24N2O5S/c1-14-4-5-15(2)19(12-14)27-17-8-10-21(11-9-17)16-6-7-18(22(23)24)20(13-16)28(3,25)26/h4-7,12-13,17H,8-11H2,1-3H3. The number of nitrogens with zero attached hydrogens (tertiary/aromatic N) is 2. The third-order valence-corrected chi connectivity index (χ3v) is 6.11. The van der Waals surface area contributed by atoms with Gasteiger partial charge in [0.15, 0.2) is 9.84 Å². The highest BCUT2D eigenvalue weighted by Gasteiger charge is 2.26. The van der Waals surface area contributed by atoms with Crippen molar-refractivity contribution in [2.75, 3.05) is 24.2 Å². The Kier molecular flexibility index (Phi) is 5.60. The largest absolute Gasteiger partial charge is 0.490 e. The maximum absolute atomic E-state index is 12.0. The number of nitro groups is 1. The molecule has 2 aromatic carbocycles. The van der Waals surface area contributed by atoms with Crippen molar-refractivity contribution in [3.63, 3.8) is 0 Å². The summed E-state index contributed by atoms with van der Waals surface area (Å²) in [7, 11) is -3.69. The van der Waals surface area contributed by atoms with E-state index in [-0.39, 0.29) is 16.7 Å². The molecule has 7 nitrogen and oxygen atoms in total. The Hall–Kier alpha value is -2.61.